The predicted molar refractivity (Wildman–Crippen MR) is 142 cm³/mol. The van der Waals surface area contributed by atoms with Gasteiger partial charge >= 0.3 is 12.7 Å². The van der Waals surface area contributed by atoms with Crippen molar-refractivity contribution in [1.82, 2.24) is 14.9 Å². The first kappa shape index (κ1) is 29.2. The summed E-state index contributed by atoms with van der Waals surface area (Å²) in [6, 6.07) is 6.96. The summed E-state index contributed by atoms with van der Waals surface area (Å²) in [6.07, 6.45) is 1.05. The van der Waals surface area contributed by atoms with Crippen LogP contribution in [0.1, 0.15) is 20.8 Å². The van der Waals surface area contributed by atoms with Crippen molar-refractivity contribution in [2.75, 3.05) is 37.0 Å². The molecule has 3 aromatic rings. The van der Waals surface area contributed by atoms with E-state index in [1.54, 1.807) is 20.8 Å². The number of nitrogens with zero attached hydrogens (tertiary/aromatic N) is 4. The van der Waals surface area contributed by atoms with Crippen molar-refractivity contribution in [2.45, 2.75) is 38.6 Å². The number of alkyl halides is 2. The van der Waals surface area contributed by atoms with Crippen LogP contribution in [0.4, 0.5) is 35.2 Å². The molecule has 1 aliphatic heterocycles. The van der Waals surface area contributed by atoms with Crippen molar-refractivity contribution in [2.24, 2.45) is 0 Å². The number of carbonyl (C=O) groups is 2. The van der Waals surface area contributed by atoms with Crippen LogP contribution in [0.5, 0.6) is 5.75 Å². The van der Waals surface area contributed by atoms with E-state index in [0.29, 0.717) is 6.41 Å². The quantitative estimate of drug-likeness (QED) is 0.336. The largest absolute Gasteiger partial charge is 0.444 e. The summed E-state index contributed by atoms with van der Waals surface area (Å²) in [5.74, 6) is -0.921. The van der Waals surface area contributed by atoms with Crippen LogP contribution in [0.2, 0.25) is 5.02 Å². The van der Waals surface area contributed by atoms with E-state index in [4.69, 9.17) is 25.8 Å². The average Bonchev–Trinajstić information content (AvgIpc) is 2.85. The fourth-order valence-corrected chi connectivity index (χ4v) is 4.38. The molecule has 40 heavy (non-hydrogen) atoms. The number of amides is 2. The zero-order valence-electron chi connectivity index (χ0n) is 22.1. The molecule has 2 heterocycles. The Labute approximate surface area is 233 Å². The minimum atomic E-state index is -3.20. The second-order valence-corrected chi connectivity index (χ2v) is 10.5. The van der Waals surface area contributed by atoms with Crippen LogP contribution in [0, 0.1) is 5.82 Å². The predicted octanol–water partition coefficient (Wildman–Crippen LogP) is 5.37. The Morgan fingerprint density at radius 1 is 1.27 bits per heavy atom. The highest BCUT2D eigenvalue weighted by Crippen LogP contribution is 2.38. The van der Waals surface area contributed by atoms with Gasteiger partial charge in [0.05, 0.1) is 41.5 Å². The minimum absolute atomic E-state index is 0.0178. The number of nitrogens with one attached hydrogen (secondary N) is 1. The first-order chi connectivity index (χ1) is 18.8. The third-order valence-electron chi connectivity index (χ3n) is 6.07. The van der Waals surface area contributed by atoms with Crippen molar-refractivity contribution in [3.05, 3.63) is 47.5 Å². The first-order valence-corrected chi connectivity index (χ1v) is 12.4. The summed E-state index contributed by atoms with van der Waals surface area (Å²) in [5.41, 5.74) is -1.55. The molecule has 0 unspecified atom stereocenters. The van der Waals surface area contributed by atoms with E-state index < -0.39 is 29.7 Å². The third-order valence-corrected chi connectivity index (χ3v) is 6.37. The number of rotatable bonds is 9. The normalized spacial score (nSPS) is 14.6. The summed E-state index contributed by atoms with van der Waals surface area (Å²) in [4.78, 5) is 35.5. The summed E-state index contributed by atoms with van der Waals surface area (Å²) in [5, 5.41) is 2.99. The molecule has 14 heteroatoms. The smallest absolute Gasteiger partial charge is 0.410 e. The molecule has 10 nitrogen and oxygen atoms in total. The van der Waals surface area contributed by atoms with Gasteiger partial charge in [-0.25, -0.2) is 19.2 Å². The number of methoxy groups -OCH3 is 1. The van der Waals surface area contributed by atoms with Crippen LogP contribution in [0.15, 0.2) is 36.7 Å². The van der Waals surface area contributed by atoms with Crippen molar-refractivity contribution >= 4 is 52.2 Å². The highest BCUT2D eigenvalue weighted by atomic mass is 35.5. The number of likely N-dealkylation sites (tertiary alicyclic amines) is 1. The Morgan fingerprint density at radius 3 is 2.62 bits per heavy atom. The molecule has 1 N–H and O–H groups in total. The van der Waals surface area contributed by atoms with Crippen LogP contribution in [0.3, 0.4) is 0 Å². The van der Waals surface area contributed by atoms with E-state index >= 15 is 0 Å². The second-order valence-electron chi connectivity index (χ2n) is 10.1. The van der Waals surface area contributed by atoms with E-state index in [9.17, 15) is 22.8 Å². The maximum atomic E-state index is 14.6. The average molecular weight is 582 g/mol. The summed E-state index contributed by atoms with van der Waals surface area (Å²) >= 11 is 5.88. The van der Waals surface area contributed by atoms with Gasteiger partial charge in [0.25, 0.3) is 0 Å². The molecule has 0 aliphatic carbocycles. The van der Waals surface area contributed by atoms with Crippen LogP contribution >= 0.6 is 11.6 Å². The molecule has 0 spiro atoms. The summed E-state index contributed by atoms with van der Waals surface area (Å²) in [6.45, 7) is 2.07. The third kappa shape index (κ3) is 6.31. The Kier molecular flexibility index (Phi) is 8.26. The van der Waals surface area contributed by atoms with Gasteiger partial charge in [-0.05, 0) is 39.0 Å². The Hall–Kier alpha value is -3.84. The molecule has 2 aromatic carbocycles. The highest BCUT2D eigenvalue weighted by Gasteiger charge is 2.48. The van der Waals surface area contributed by atoms with E-state index in [1.807, 2.05) is 0 Å². The number of anilines is 3. The van der Waals surface area contributed by atoms with Crippen LogP contribution in [-0.4, -0.2) is 71.9 Å². The van der Waals surface area contributed by atoms with Gasteiger partial charge < -0.3 is 29.3 Å². The molecule has 1 aromatic heterocycles. The van der Waals surface area contributed by atoms with Gasteiger partial charge in [-0.2, -0.15) is 8.78 Å². The van der Waals surface area contributed by atoms with Crippen molar-refractivity contribution < 1.29 is 37.0 Å². The number of hydrogen-bond donors (Lipinski definition) is 1. The maximum absolute atomic E-state index is 14.6. The van der Waals surface area contributed by atoms with Gasteiger partial charge in [-0.15, -0.1) is 0 Å². The number of hydrogen-bond acceptors (Lipinski definition) is 8. The van der Waals surface area contributed by atoms with Gasteiger partial charge in [-0.1, -0.05) is 17.7 Å². The second kappa shape index (κ2) is 11.3. The molecular weight excluding hydrogens is 555 g/mol. The lowest BCUT2D eigenvalue weighted by atomic mass is 9.93. The molecule has 214 valence electrons. The lowest BCUT2D eigenvalue weighted by Crippen LogP contribution is -2.68. The van der Waals surface area contributed by atoms with Crippen molar-refractivity contribution in [1.29, 1.82) is 0 Å². The standard InChI is InChI=1S/C26H27ClF3N5O5/c1-25(2,3)40-24(37)34-10-26(11-34,38-4)12-35(14-36)19-8-15-18(9-20(19)39-23(29)30)31-13-32-22(15)33-17-7-5-6-16(27)21(17)28/h5-9,13-14,23H,10-12H2,1-4H3,(H,31,32,33). The molecule has 0 bridgehead atoms. The molecule has 0 radical (unpaired) electrons. The Bertz CT molecular complexity index is 1420. The molecule has 1 fully saturated rings. The van der Waals surface area contributed by atoms with E-state index in [1.165, 1.54) is 42.3 Å². The Balaban J connectivity index is 1.69. The lowest BCUT2D eigenvalue weighted by molar-refractivity contribution is -0.121. The monoisotopic (exact) mass is 581 g/mol. The lowest BCUT2D eigenvalue weighted by Gasteiger charge is -2.50. The topological polar surface area (TPSA) is 106 Å². The van der Waals surface area contributed by atoms with Crippen molar-refractivity contribution in [3.8, 4) is 5.75 Å². The number of ether oxygens (including phenoxy) is 3. The molecule has 4 rings (SSSR count). The van der Waals surface area contributed by atoms with Crippen molar-refractivity contribution in [3.63, 3.8) is 0 Å². The zero-order chi connectivity index (χ0) is 29.2. The van der Waals surface area contributed by atoms with E-state index in [-0.39, 0.29) is 58.5 Å². The van der Waals surface area contributed by atoms with Gasteiger partial charge in [0.1, 0.15) is 23.3 Å². The van der Waals surface area contributed by atoms with Gasteiger partial charge in [-0.3, -0.25) is 4.79 Å². The van der Waals surface area contributed by atoms with Gasteiger partial charge in [0.15, 0.2) is 11.6 Å². The van der Waals surface area contributed by atoms with E-state index in [0.717, 1.165) is 11.2 Å². The molecule has 0 atom stereocenters. The number of halogens is 4. The first-order valence-electron chi connectivity index (χ1n) is 12.0. The van der Waals surface area contributed by atoms with Gasteiger partial charge in [0, 0.05) is 18.6 Å². The Morgan fingerprint density at radius 2 is 2.00 bits per heavy atom. The number of fused-ring (bicyclic) bond motifs is 1. The highest BCUT2D eigenvalue weighted by molar-refractivity contribution is 6.31. The fraction of sp³-hybridized carbons (Fsp3) is 0.385. The summed E-state index contributed by atoms with van der Waals surface area (Å²) < 4.78 is 57.0. The SMILES string of the molecule is COC1(CN(C=O)c2cc3c(Nc4cccc(Cl)c4F)ncnc3cc2OC(F)F)CN(C(=O)OC(C)(C)C)C1. The van der Waals surface area contributed by atoms with Crippen LogP contribution in [0.25, 0.3) is 10.9 Å². The molecule has 1 saturated heterocycles. The number of benzene rings is 2. The molecule has 2 amide bonds. The number of carbonyl (C=O) groups excluding carboxylic acids is 2. The minimum Gasteiger partial charge on any atom is -0.444 e. The fourth-order valence-electron chi connectivity index (χ4n) is 4.20. The molecule has 0 saturated carbocycles. The summed E-state index contributed by atoms with van der Waals surface area (Å²) in [7, 11) is 1.42. The molecular formula is C26H27ClF3N5O5. The van der Waals surface area contributed by atoms with Gasteiger partial charge in [0.2, 0.25) is 6.41 Å². The van der Waals surface area contributed by atoms with E-state index in [2.05, 4.69) is 15.3 Å². The van der Waals surface area contributed by atoms with Crippen LogP contribution < -0.4 is 15.0 Å². The number of aromatic nitrogens is 2. The zero-order valence-corrected chi connectivity index (χ0v) is 22.8. The van der Waals surface area contributed by atoms with Crippen LogP contribution in [-0.2, 0) is 14.3 Å². The maximum Gasteiger partial charge on any atom is 0.410 e. The molecule has 1 aliphatic rings.